The van der Waals surface area contributed by atoms with Crippen LogP contribution in [0.2, 0.25) is 10.0 Å². The summed E-state index contributed by atoms with van der Waals surface area (Å²) < 4.78 is 0. The van der Waals surface area contributed by atoms with Gasteiger partial charge in [0.15, 0.2) is 17.3 Å². The zero-order valence-corrected chi connectivity index (χ0v) is 11.0. The van der Waals surface area contributed by atoms with E-state index in [1.54, 1.807) is 18.2 Å². The predicted molar refractivity (Wildman–Crippen MR) is 75.9 cm³/mol. The lowest BCUT2D eigenvalue weighted by Crippen LogP contribution is -2.03. The van der Waals surface area contributed by atoms with Crippen molar-refractivity contribution in [3.05, 3.63) is 28.2 Å². The summed E-state index contributed by atoms with van der Waals surface area (Å²) in [6.07, 6.45) is 0. The summed E-state index contributed by atoms with van der Waals surface area (Å²) in [5, 5.41) is 8.43. The maximum atomic E-state index is 5.96. The average molecular weight is 298 g/mol. The molecule has 0 fully saturated rings. The van der Waals surface area contributed by atoms with Crippen LogP contribution in [0.25, 0.3) is 0 Å². The summed E-state index contributed by atoms with van der Waals surface area (Å²) in [6, 6.07) is 4.97. The second-order valence-corrected chi connectivity index (χ2v) is 4.26. The summed E-state index contributed by atoms with van der Waals surface area (Å²) >= 11 is 11.8. The molecule has 0 radical (unpaired) electrons. The quantitative estimate of drug-likeness (QED) is 0.734. The van der Waals surface area contributed by atoms with E-state index >= 15 is 0 Å². The summed E-state index contributed by atoms with van der Waals surface area (Å²) in [5.74, 6) is 0.0357. The smallest absolute Gasteiger partial charge is 0.224 e. The molecule has 1 aromatic carbocycles. The van der Waals surface area contributed by atoms with Gasteiger partial charge in [-0.2, -0.15) is 9.97 Å². The third-order valence-electron chi connectivity index (χ3n) is 2.14. The molecule has 2 aromatic rings. The van der Waals surface area contributed by atoms with Crippen LogP contribution in [-0.4, -0.2) is 9.97 Å². The van der Waals surface area contributed by atoms with Gasteiger partial charge < -0.3 is 17.2 Å². The van der Waals surface area contributed by atoms with Crippen molar-refractivity contribution in [3.63, 3.8) is 0 Å². The van der Waals surface area contributed by atoms with Gasteiger partial charge in [0.25, 0.3) is 0 Å². The minimum absolute atomic E-state index is 0.0327. The summed E-state index contributed by atoms with van der Waals surface area (Å²) in [7, 11) is 0. The fraction of sp³-hybridized carbons (Fsp3) is 0. The summed E-state index contributed by atoms with van der Waals surface area (Å²) in [6.45, 7) is 0. The number of benzene rings is 1. The minimum Gasteiger partial charge on any atom is -0.382 e. The van der Waals surface area contributed by atoms with Crippen molar-refractivity contribution in [2.45, 2.75) is 0 Å². The van der Waals surface area contributed by atoms with E-state index in [2.05, 4.69) is 20.2 Å². The lowest BCUT2D eigenvalue weighted by Gasteiger charge is -2.03. The second-order valence-electron chi connectivity index (χ2n) is 3.47. The van der Waals surface area contributed by atoms with E-state index in [-0.39, 0.29) is 28.3 Å². The Hall–Kier alpha value is -2.12. The van der Waals surface area contributed by atoms with Gasteiger partial charge >= 0.3 is 0 Å². The van der Waals surface area contributed by atoms with Gasteiger partial charge in [-0.25, -0.2) is 0 Å². The Morgan fingerprint density at radius 3 is 2.21 bits per heavy atom. The van der Waals surface area contributed by atoms with Crippen LogP contribution in [0.15, 0.2) is 28.4 Å². The van der Waals surface area contributed by atoms with Gasteiger partial charge in [0, 0.05) is 0 Å². The number of hydrogen-bond acceptors (Lipinski definition) is 7. The van der Waals surface area contributed by atoms with Crippen molar-refractivity contribution in [2.75, 3.05) is 17.2 Å². The molecule has 0 unspecified atom stereocenters. The zero-order valence-electron chi connectivity index (χ0n) is 9.51. The number of hydrogen-bond donors (Lipinski definition) is 3. The topological polar surface area (TPSA) is 129 Å². The molecule has 0 spiro atoms. The maximum absolute atomic E-state index is 5.96. The maximum Gasteiger partial charge on any atom is 0.224 e. The number of nitrogens with two attached hydrogens (primary N) is 3. The van der Waals surface area contributed by atoms with Crippen molar-refractivity contribution < 1.29 is 0 Å². The van der Waals surface area contributed by atoms with Gasteiger partial charge in [0.1, 0.15) is 5.69 Å². The Balaban J connectivity index is 2.41. The lowest BCUT2D eigenvalue weighted by atomic mass is 10.3. The normalized spacial score (nSPS) is 11.1. The number of anilines is 3. The first-order valence-electron chi connectivity index (χ1n) is 5.03. The highest BCUT2D eigenvalue weighted by molar-refractivity contribution is 6.43. The molecule has 0 amide bonds. The van der Waals surface area contributed by atoms with Crippen LogP contribution >= 0.6 is 23.2 Å². The molecule has 1 aromatic heterocycles. The molecular formula is C10H9Cl2N7. The van der Waals surface area contributed by atoms with Crippen LogP contribution < -0.4 is 17.2 Å². The highest BCUT2D eigenvalue weighted by Gasteiger charge is 2.09. The van der Waals surface area contributed by atoms with Gasteiger partial charge in [0.2, 0.25) is 5.95 Å². The third-order valence-corrected chi connectivity index (χ3v) is 2.95. The van der Waals surface area contributed by atoms with Crippen LogP contribution in [0.3, 0.4) is 0 Å². The number of aromatic nitrogens is 2. The van der Waals surface area contributed by atoms with E-state index in [1.165, 1.54) is 0 Å². The van der Waals surface area contributed by atoms with Crippen LogP contribution in [0.1, 0.15) is 0 Å². The molecule has 1 heterocycles. The Morgan fingerprint density at radius 1 is 0.947 bits per heavy atom. The molecule has 6 N–H and O–H groups in total. The fourth-order valence-electron chi connectivity index (χ4n) is 1.28. The molecule has 0 aliphatic heterocycles. The number of halogens is 2. The molecule has 98 valence electrons. The van der Waals surface area contributed by atoms with Crippen molar-refractivity contribution in [1.29, 1.82) is 0 Å². The van der Waals surface area contributed by atoms with E-state index < -0.39 is 0 Å². The molecule has 0 saturated heterocycles. The minimum atomic E-state index is -0.0327. The predicted octanol–water partition coefficient (Wildman–Crippen LogP) is 2.95. The molecule has 19 heavy (non-hydrogen) atoms. The molecule has 0 atom stereocenters. The van der Waals surface area contributed by atoms with E-state index in [0.29, 0.717) is 10.7 Å². The van der Waals surface area contributed by atoms with E-state index in [4.69, 9.17) is 40.4 Å². The first kappa shape index (κ1) is 13.3. The first-order valence-corrected chi connectivity index (χ1v) is 5.79. The van der Waals surface area contributed by atoms with Crippen molar-refractivity contribution in [1.82, 2.24) is 9.97 Å². The van der Waals surface area contributed by atoms with Crippen LogP contribution in [0, 0.1) is 0 Å². The van der Waals surface area contributed by atoms with Crippen LogP contribution in [0.5, 0.6) is 0 Å². The van der Waals surface area contributed by atoms with E-state index in [1.807, 2.05) is 0 Å². The van der Waals surface area contributed by atoms with Crippen LogP contribution in [0.4, 0.5) is 29.0 Å². The Labute approximate surface area is 118 Å². The first-order chi connectivity index (χ1) is 8.99. The van der Waals surface area contributed by atoms with Gasteiger partial charge in [-0.3, -0.25) is 0 Å². The number of rotatable bonds is 2. The second kappa shape index (κ2) is 5.25. The van der Waals surface area contributed by atoms with Crippen molar-refractivity contribution >= 4 is 52.2 Å². The van der Waals surface area contributed by atoms with E-state index in [0.717, 1.165) is 0 Å². The number of nitrogens with zero attached hydrogens (tertiary/aromatic N) is 4. The van der Waals surface area contributed by atoms with Gasteiger partial charge in [0.05, 0.1) is 10.0 Å². The molecule has 0 bridgehead atoms. The van der Waals surface area contributed by atoms with E-state index in [9.17, 15) is 0 Å². The van der Waals surface area contributed by atoms with Gasteiger partial charge in [-0.1, -0.05) is 29.3 Å². The highest BCUT2D eigenvalue weighted by Crippen LogP contribution is 2.34. The SMILES string of the molecule is Nc1nc(N)c(N=Nc2cccc(Cl)c2Cl)c(N)n1. The third kappa shape index (κ3) is 2.83. The molecule has 0 saturated carbocycles. The fourth-order valence-corrected chi connectivity index (χ4v) is 1.62. The molecule has 0 aliphatic rings. The Bertz CT molecular complexity index is 633. The Morgan fingerprint density at radius 2 is 1.58 bits per heavy atom. The van der Waals surface area contributed by atoms with Gasteiger partial charge in [-0.05, 0) is 12.1 Å². The molecule has 9 heteroatoms. The monoisotopic (exact) mass is 297 g/mol. The highest BCUT2D eigenvalue weighted by atomic mass is 35.5. The molecular weight excluding hydrogens is 289 g/mol. The van der Waals surface area contributed by atoms with Crippen molar-refractivity contribution in [3.8, 4) is 0 Å². The number of azo groups is 1. The standard InChI is InChI=1S/C10H9Cl2N7/c11-4-2-1-3-5(6(4)12)18-19-7-8(13)16-10(15)17-9(7)14/h1-3H,(H6,13,14,15,16,17). The summed E-state index contributed by atoms with van der Waals surface area (Å²) in [5.41, 5.74) is 17.2. The Kier molecular flexibility index (Phi) is 3.68. The number of nitrogen functional groups attached to an aromatic ring is 3. The lowest BCUT2D eigenvalue weighted by molar-refractivity contribution is 1.15. The summed E-state index contributed by atoms with van der Waals surface area (Å²) in [4.78, 5) is 7.48. The zero-order chi connectivity index (χ0) is 14.0. The molecule has 7 nitrogen and oxygen atoms in total. The van der Waals surface area contributed by atoms with Gasteiger partial charge in [-0.15, -0.1) is 10.2 Å². The molecule has 2 rings (SSSR count). The largest absolute Gasteiger partial charge is 0.382 e. The average Bonchev–Trinajstić information content (AvgIpc) is 2.33. The molecule has 0 aliphatic carbocycles. The van der Waals surface area contributed by atoms with Crippen LogP contribution in [-0.2, 0) is 0 Å². The van der Waals surface area contributed by atoms with Crippen molar-refractivity contribution in [2.24, 2.45) is 10.2 Å².